The van der Waals surface area contributed by atoms with E-state index in [0.29, 0.717) is 17.4 Å². The summed E-state index contributed by atoms with van der Waals surface area (Å²) in [5.41, 5.74) is -0.841. The Morgan fingerprint density at radius 2 is 1.82 bits per heavy atom. The van der Waals surface area contributed by atoms with Crippen LogP contribution in [0.1, 0.15) is 53.4 Å². The highest BCUT2D eigenvalue weighted by molar-refractivity contribution is 6.32. The fraction of sp³-hybridized carbons (Fsp3) is 0.609. The van der Waals surface area contributed by atoms with Crippen LogP contribution in [0.4, 0.5) is 0 Å². The third-order valence-electron chi connectivity index (χ3n) is 8.17. The number of hydrogen-bond acceptors (Lipinski definition) is 4. The monoisotopic (exact) mass is 402 g/mol. The van der Waals surface area contributed by atoms with Crippen molar-refractivity contribution in [3.05, 3.63) is 34.9 Å². The Morgan fingerprint density at radius 1 is 1.14 bits per heavy atom. The molecule has 0 radical (unpaired) electrons. The molecule has 4 rings (SSSR count). The Kier molecular flexibility index (Phi) is 4.32. The fourth-order valence-corrected chi connectivity index (χ4v) is 7.19. The van der Waals surface area contributed by atoms with Gasteiger partial charge >= 0.3 is 5.97 Å². The minimum atomic E-state index is -1.05. The Labute approximate surface area is 171 Å². The van der Waals surface area contributed by atoms with Crippen molar-refractivity contribution < 1.29 is 19.1 Å². The topological polar surface area (TPSA) is 60.4 Å². The van der Waals surface area contributed by atoms with Crippen LogP contribution >= 0.6 is 11.6 Å². The van der Waals surface area contributed by atoms with E-state index in [1.54, 1.807) is 19.1 Å². The number of rotatable bonds is 2. The molecule has 0 aromatic heterocycles. The van der Waals surface area contributed by atoms with E-state index in [-0.39, 0.29) is 28.8 Å². The first-order valence-corrected chi connectivity index (χ1v) is 10.5. The summed E-state index contributed by atoms with van der Waals surface area (Å²) >= 11 is 6.67. The van der Waals surface area contributed by atoms with Gasteiger partial charge in [0.15, 0.2) is 17.2 Å². The van der Waals surface area contributed by atoms with Gasteiger partial charge in [-0.05, 0) is 68.1 Å². The second-order valence-corrected chi connectivity index (χ2v) is 9.76. The number of halogens is 1. The molecule has 0 spiro atoms. The molecule has 2 fully saturated rings. The second kappa shape index (κ2) is 6.16. The van der Waals surface area contributed by atoms with Gasteiger partial charge in [-0.2, -0.15) is 0 Å². The molecule has 0 amide bonds. The highest BCUT2D eigenvalue weighted by atomic mass is 35.5. The molecule has 150 valence electrons. The maximum atomic E-state index is 12.7. The molecule has 4 aliphatic rings. The van der Waals surface area contributed by atoms with Crippen LogP contribution in [0.3, 0.4) is 0 Å². The van der Waals surface area contributed by atoms with Gasteiger partial charge in [0.25, 0.3) is 0 Å². The Bertz CT molecular complexity index is 868. The van der Waals surface area contributed by atoms with Crippen molar-refractivity contribution in [2.75, 3.05) is 0 Å². The zero-order valence-electron chi connectivity index (χ0n) is 16.9. The molecule has 0 saturated heterocycles. The summed E-state index contributed by atoms with van der Waals surface area (Å²) in [6, 6.07) is 0. The first kappa shape index (κ1) is 19.6. The molecule has 5 heteroatoms. The molecule has 4 nitrogen and oxygen atoms in total. The van der Waals surface area contributed by atoms with Crippen LogP contribution in [0.15, 0.2) is 34.9 Å². The van der Waals surface area contributed by atoms with Gasteiger partial charge in [0.1, 0.15) is 0 Å². The predicted molar refractivity (Wildman–Crippen MR) is 106 cm³/mol. The lowest BCUT2D eigenvalue weighted by molar-refractivity contribution is -0.184. The van der Waals surface area contributed by atoms with E-state index >= 15 is 0 Å². The van der Waals surface area contributed by atoms with Crippen LogP contribution in [-0.4, -0.2) is 23.1 Å². The van der Waals surface area contributed by atoms with Gasteiger partial charge in [-0.15, -0.1) is 0 Å². The summed E-state index contributed by atoms with van der Waals surface area (Å²) in [6.07, 6.45) is 10.5. The number of ketones is 2. The van der Waals surface area contributed by atoms with Crippen LogP contribution in [-0.2, 0) is 19.1 Å². The Hall–Kier alpha value is -1.68. The van der Waals surface area contributed by atoms with Gasteiger partial charge in [0.05, 0.1) is 0 Å². The summed E-state index contributed by atoms with van der Waals surface area (Å²) in [5, 5.41) is 0.638. The number of esters is 1. The minimum absolute atomic E-state index is 0.0237. The number of hydrogen-bond donors (Lipinski definition) is 0. The van der Waals surface area contributed by atoms with Crippen LogP contribution < -0.4 is 0 Å². The standard InChI is InChI=1S/C23H27ClO4/c1-13(25)23(28-14(2)26)10-7-18-16-12-20(24)19-11-15(27)5-8-21(19,3)17(16)6-9-22(18,23)4/h5,8,11-12,16-18H,6-7,9-10H2,1-4H3/t16-,17+,18+,21-,22-,23+/m0/s1. The van der Waals surface area contributed by atoms with E-state index in [0.717, 1.165) is 24.8 Å². The lowest BCUT2D eigenvalue weighted by Gasteiger charge is -2.56. The fourth-order valence-electron chi connectivity index (χ4n) is 6.79. The quantitative estimate of drug-likeness (QED) is 0.637. The third kappa shape index (κ3) is 2.39. The van der Waals surface area contributed by atoms with Crippen molar-refractivity contribution in [3.63, 3.8) is 0 Å². The number of carbonyl (C=O) groups is 3. The number of Topliss-reactive ketones (excluding diaryl/α,β-unsaturated/α-hetero) is 1. The van der Waals surface area contributed by atoms with E-state index in [1.807, 2.05) is 6.08 Å². The van der Waals surface area contributed by atoms with Crippen molar-refractivity contribution in [1.29, 1.82) is 0 Å². The average Bonchev–Trinajstić information content (AvgIpc) is 2.90. The number of carbonyl (C=O) groups excluding carboxylic acids is 3. The van der Waals surface area contributed by atoms with E-state index in [4.69, 9.17) is 16.3 Å². The summed E-state index contributed by atoms with van der Waals surface area (Å²) in [6.45, 7) is 7.20. The van der Waals surface area contributed by atoms with Gasteiger partial charge in [0, 0.05) is 22.8 Å². The van der Waals surface area contributed by atoms with Crippen LogP contribution in [0.2, 0.25) is 0 Å². The van der Waals surface area contributed by atoms with E-state index in [2.05, 4.69) is 19.9 Å². The van der Waals surface area contributed by atoms with Crippen molar-refractivity contribution in [1.82, 2.24) is 0 Å². The molecule has 0 aliphatic heterocycles. The van der Waals surface area contributed by atoms with Gasteiger partial charge < -0.3 is 4.74 Å². The second-order valence-electron chi connectivity index (χ2n) is 9.35. The lowest BCUT2D eigenvalue weighted by atomic mass is 9.48. The summed E-state index contributed by atoms with van der Waals surface area (Å²) in [4.78, 5) is 36.5. The third-order valence-corrected chi connectivity index (χ3v) is 8.50. The minimum Gasteiger partial charge on any atom is -0.451 e. The molecule has 0 N–H and O–H groups in total. The van der Waals surface area contributed by atoms with Gasteiger partial charge in [-0.3, -0.25) is 14.4 Å². The predicted octanol–water partition coefficient (Wildman–Crippen LogP) is 4.53. The lowest BCUT2D eigenvalue weighted by Crippen LogP contribution is -2.58. The first-order chi connectivity index (χ1) is 13.0. The molecule has 0 heterocycles. The molecule has 4 aliphatic carbocycles. The van der Waals surface area contributed by atoms with Crippen LogP contribution in [0.5, 0.6) is 0 Å². The van der Waals surface area contributed by atoms with E-state index in [9.17, 15) is 14.4 Å². The molecule has 0 aromatic rings. The van der Waals surface area contributed by atoms with E-state index in [1.165, 1.54) is 6.92 Å². The highest BCUT2D eigenvalue weighted by Crippen LogP contribution is 2.67. The molecule has 0 unspecified atom stereocenters. The number of ether oxygens (including phenoxy) is 1. The maximum Gasteiger partial charge on any atom is 0.303 e. The zero-order chi connectivity index (χ0) is 20.5. The van der Waals surface area contributed by atoms with Gasteiger partial charge in [-0.25, -0.2) is 0 Å². The van der Waals surface area contributed by atoms with Gasteiger partial charge in [0.2, 0.25) is 0 Å². The first-order valence-electron chi connectivity index (χ1n) is 10.1. The van der Waals surface area contributed by atoms with Crippen molar-refractivity contribution in [3.8, 4) is 0 Å². The molecule has 0 aromatic carbocycles. The van der Waals surface area contributed by atoms with Crippen LogP contribution in [0, 0.1) is 28.6 Å². The van der Waals surface area contributed by atoms with Crippen molar-refractivity contribution in [2.45, 2.75) is 59.0 Å². The largest absolute Gasteiger partial charge is 0.451 e. The normalized spacial score (nSPS) is 44.0. The zero-order valence-corrected chi connectivity index (χ0v) is 17.6. The average molecular weight is 403 g/mol. The summed E-state index contributed by atoms with van der Waals surface area (Å²) < 4.78 is 5.77. The molecule has 2 saturated carbocycles. The smallest absolute Gasteiger partial charge is 0.303 e. The summed E-state index contributed by atoms with van der Waals surface area (Å²) in [5.74, 6) is 0.207. The van der Waals surface area contributed by atoms with E-state index < -0.39 is 17.0 Å². The Morgan fingerprint density at radius 3 is 2.46 bits per heavy atom. The summed E-state index contributed by atoms with van der Waals surface area (Å²) in [7, 11) is 0. The number of allylic oxidation sites excluding steroid dienone is 6. The van der Waals surface area contributed by atoms with Crippen LogP contribution in [0.25, 0.3) is 0 Å². The SMILES string of the molecule is CC(=O)O[C@@]1(C(C)=O)CC[C@@H]2[C@H]3C=C(Cl)C4=CC(=O)C=C[C@@]4(C)[C@@H]3CC[C@@]21C. The molecular formula is C23H27ClO4. The molecule has 28 heavy (non-hydrogen) atoms. The molecule has 6 atom stereocenters. The number of fused-ring (bicyclic) bond motifs is 5. The highest BCUT2D eigenvalue weighted by Gasteiger charge is 2.67. The Balaban J connectivity index is 1.80. The van der Waals surface area contributed by atoms with Crippen molar-refractivity contribution >= 4 is 29.1 Å². The van der Waals surface area contributed by atoms with Crippen molar-refractivity contribution in [2.24, 2.45) is 28.6 Å². The molecular weight excluding hydrogens is 376 g/mol. The molecule has 0 bridgehead atoms. The maximum absolute atomic E-state index is 12.7. The van der Waals surface area contributed by atoms with Gasteiger partial charge in [-0.1, -0.05) is 37.6 Å².